The Balaban J connectivity index is 1.24. The van der Waals surface area contributed by atoms with Crippen LogP contribution in [0.2, 0.25) is 0 Å². The summed E-state index contributed by atoms with van der Waals surface area (Å²) in [6, 6.07) is 18.2. The minimum atomic E-state index is -0.0897. The van der Waals surface area contributed by atoms with Crippen molar-refractivity contribution < 1.29 is 9.59 Å². The molecule has 1 spiro atoms. The summed E-state index contributed by atoms with van der Waals surface area (Å²) in [5.74, 6) is 1.73. The van der Waals surface area contributed by atoms with Gasteiger partial charge in [0.2, 0.25) is 5.91 Å². The van der Waals surface area contributed by atoms with Crippen molar-refractivity contribution in [2.24, 2.45) is 5.92 Å². The SMILES string of the molecule is O=C(c1ccc(-c2ccccc2)cc1)N1CCC2(CC1)SCCN2C(=O)C1CCCC1. The molecular weight excluding hydrogens is 404 g/mol. The quantitative estimate of drug-likeness (QED) is 0.679. The van der Waals surface area contributed by atoms with Gasteiger partial charge in [0.25, 0.3) is 5.91 Å². The van der Waals surface area contributed by atoms with Gasteiger partial charge < -0.3 is 9.80 Å². The molecule has 5 heteroatoms. The van der Waals surface area contributed by atoms with Gasteiger partial charge in [-0.3, -0.25) is 9.59 Å². The Labute approximate surface area is 189 Å². The van der Waals surface area contributed by atoms with Crippen molar-refractivity contribution in [2.45, 2.75) is 43.4 Å². The number of thioether (sulfide) groups is 1. The number of hydrogen-bond donors (Lipinski definition) is 0. The van der Waals surface area contributed by atoms with Crippen LogP contribution in [0.25, 0.3) is 11.1 Å². The fourth-order valence-electron chi connectivity index (χ4n) is 5.40. The number of likely N-dealkylation sites (tertiary alicyclic amines) is 1. The maximum atomic E-state index is 13.1. The van der Waals surface area contributed by atoms with Crippen LogP contribution in [0.3, 0.4) is 0 Å². The van der Waals surface area contributed by atoms with Crippen molar-refractivity contribution in [3.63, 3.8) is 0 Å². The van der Waals surface area contributed by atoms with Crippen LogP contribution in [0.15, 0.2) is 54.6 Å². The lowest BCUT2D eigenvalue weighted by molar-refractivity contribution is -0.138. The van der Waals surface area contributed by atoms with Gasteiger partial charge in [0.05, 0.1) is 4.87 Å². The largest absolute Gasteiger partial charge is 0.338 e. The normalized spacial score (nSPS) is 21.0. The predicted molar refractivity (Wildman–Crippen MR) is 126 cm³/mol. The molecular formula is C26H30N2O2S. The average molecular weight is 435 g/mol. The lowest BCUT2D eigenvalue weighted by Gasteiger charge is -2.44. The number of nitrogens with zero attached hydrogens (tertiary/aromatic N) is 2. The molecule has 1 aliphatic carbocycles. The number of amides is 2. The van der Waals surface area contributed by atoms with E-state index in [-0.39, 0.29) is 16.7 Å². The number of rotatable bonds is 3. The highest BCUT2D eigenvalue weighted by Crippen LogP contribution is 2.45. The molecule has 2 saturated heterocycles. The molecule has 0 radical (unpaired) electrons. The number of benzene rings is 2. The maximum Gasteiger partial charge on any atom is 0.253 e. The summed E-state index contributed by atoms with van der Waals surface area (Å²) in [6.45, 7) is 2.32. The third-order valence-corrected chi connectivity index (χ3v) is 8.77. The van der Waals surface area contributed by atoms with E-state index in [4.69, 9.17) is 0 Å². The van der Waals surface area contributed by atoms with Crippen molar-refractivity contribution >= 4 is 23.6 Å². The summed E-state index contributed by atoms with van der Waals surface area (Å²) >= 11 is 1.94. The van der Waals surface area contributed by atoms with Crippen molar-refractivity contribution in [1.82, 2.24) is 9.80 Å². The first kappa shape index (κ1) is 20.6. The summed E-state index contributed by atoms with van der Waals surface area (Å²) in [4.78, 5) is 30.3. The molecule has 2 heterocycles. The third kappa shape index (κ3) is 4.00. The Morgan fingerprint density at radius 2 is 1.48 bits per heavy atom. The minimum absolute atomic E-state index is 0.0897. The summed E-state index contributed by atoms with van der Waals surface area (Å²) in [5, 5.41) is 0. The lowest BCUT2D eigenvalue weighted by atomic mass is 9.98. The summed E-state index contributed by atoms with van der Waals surface area (Å²) in [5.41, 5.74) is 3.03. The average Bonchev–Trinajstić information content (AvgIpc) is 3.50. The van der Waals surface area contributed by atoms with E-state index in [1.165, 1.54) is 12.8 Å². The van der Waals surface area contributed by atoms with E-state index in [0.29, 0.717) is 5.91 Å². The highest BCUT2D eigenvalue weighted by molar-refractivity contribution is 8.00. The van der Waals surface area contributed by atoms with Crippen molar-refractivity contribution in [3.05, 3.63) is 60.2 Å². The van der Waals surface area contributed by atoms with Gasteiger partial charge in [-0.15, -0.1) is 11.8 Å². The first-order valence-electron chi connectivity index (χ1n) is 11.6. The van der Waals surface area contributed by atoms with Gasteiger partial charge >= 0.3 is 0 Å². The van der Waals surface area contributed by atoms with Gasteiger partial charge in [0.15, 0.2) is 0 Å². The minimum Gasteiger partial charge on any atom is -0.338 e. The predicted octanol–water partition coefficient (Wildman–Crippen LogP) is 5.05. The van der Waals surface area contributed by atoms with E-state index in [1.807, 2.05) is 59.1 Å². The standard InChI is InChI=1S/C26H30N2O2S/c29-24(23-12-10-21(11-13-23)20-6-2-1-3-7-20)27-16-14-26(15-17-27)28(18-19-31-26)25(30)22-8-4-5-9-22/h1-3,6-7,10-13,22H,4-5,8-9,14-19H2. The van der Waals surface area contributed by atoms with Gasteiger partial charge in [-0.1, -0.05) is 55.3 Å². The van der Waals surface area contributed by atoms with Gasteiger partial charge in [0, 0.05) is 36.9 Å². The molecule has 2 amide bonds. The molecule has 31 heavy (non-hydrogen) atoms. The summed E-state index contributed by atoms with van der Waals surface area (Å²) < 4.78 is 0. The highest BCUT2D eigenvalue weighted by Gasteiger charge is 2.48. The van der Waals surface area contributed by atoms with E-state index in [1.54, 1.807) is 0 Å². The molecule has 0 aromatic heterocycles. The van der Waals surface area contributed by atoms with Crippen LogP contribution in [-0.4, -0.2) is 51.9 Å². The Morgan fingerprint density at radius 3 is 2.16 bits per heavy atom. The molecule has 2 aromatic rings. The van der Waals surface area contributed by atoms with Gasteiger partial charge in [-0.2, -0.15) is 0 Å². The molecule has 1 saturated carbocycles. The molecule has 0 unspecified atom stereocenters. The Kier molecular flexibility index (Phi) is 5.79. The van der Waals surface area contributed by atoms with E-state index >= 15 is 0 Å². The topological polar surface area (TPSA) is 40.6 Å². The molecule has 2 aliphatic heterocycles. The molecule has 162 valence electrons. The molecule has 2 aromatic carbocycles. The zero-order valence-corrected chi connectivity index (χ0v) is 18.8. The molecule has 5 rings (SSSR count). The molecule has 4 nitrogen and oxygen atoms in total. The Morgan fingerprint density at radius 1 is 0.839 bits per heavy atom. The second kappa shape index (κ2) is 8.70. The molecule has 3 aliphatic rings. The van der Waals surface area contributed by atoms with Crippen LogP contribution in [0, 0.1) is 5.92 Å². The lowest BCUT2D eigenvalue weighted by Crippen LogP contribution is -2.54. The van der Waals surface area contributed by atoms with Crippen LogP contribution in [0.4, 0.5) is 0 Å². The van der Waals surface area contributed by atoms with E-state index in [2.05, 4.69) is 17.0 Å². The van der Waals surface area contributed by atoms with E-state index in [9.17, 15) is 9.59 Å². The monoisotopic (exact) mass is 434 g/mol. The number of hydrogen-bond acceptors (Lipinski definition) is 3. The highest BCUT2D eigenvalue weighted by atomic mass is 32.2. The van der Waals surface area contributed by atoms with Gasteiger partial charge in [-0.05, 0) is 48.9 Å². The fourth-order valence-corrected chi connectivity index (χ4v) is 6.87. The zero-order chi connectivity index (χ0) is 21.3. The molecule has 3 fully saturated rings. The van der Waals surface area contributed by atoms with Crippen LogP contribution >= 0.6 is 11.8 Å². The van der Waals surface area contributed by atoms with Gasteiger partial charge in [-0.25, -0.2) is 0 Å². The van der Waals surface area contributed by atoms with Crippen LogP contribution < -0.4 is 0 Å². The van der Waals surface area contributed by atoms with Crippen molar-refractivity contribution in [2.75, 3.05) is 25.4 Å². The Bertz CT molecular complexity index is 930. The first-order chi connectivity index (χ1) is 15.2. The summed E-state index contributed by atoms with van der Waals surface area (Å²) in [7, 11) is 0. The van der Waals surface area contributed by atoms with Crippen LogP contribution in [0.5, 0.6) is 0 Å². The molecule has 0 atom stereocenters. The Hall–Kier alpha value is -2.27. The van der Waals surface area contributed by atoms with Crippen molar-refractivity contribution in [1.29, 1.82) is 0 Å². The zero-order valence-electron chi connectivity index (χ0n) is 18.0. The number of carbonyl (C=O) groups excluding carboxylic acids is 2. The fraction of sp³-hybridized carbons (Fsp3) is 0.462. The van der Waals surface area contributed by atoms with E-state index < -0.39 is 0 Å². The second-order valence-electron chi connectivity index (χ2n) is 9.00. The van der Waals surface area contributed by atoms with E-state index in [0.717, 1.165) is 67.8 Å². The smallest absolute Gasteiger partial charge is 0.253 e. The first-order valence-corrected chi connectivity index (χ1v) is 12.6. The maximum absolute atomic E-state index is 13.1. The van der Waals surface area contributed by atoms with Crippen molar-refractivity contribution in [3.8, 4) is 11.1 Å². The third-order valence-electron chi connectivity index (χ3n) is 7.22. The number of piperidine rings is 1. The van der Waals surface area contributed by atoms with Crippen LogP contribution in [-0.2, 0) is 4.79 Å². The molecule has 0 bridgehead atoms. The number of carbonyl (C=O) groups is 2. The second-order valence-corrected chi connectivity index (χ2v) is 10.5. The molecule has 0 N–H and O–H groups in total. The van der Waals surface area contributed by atoms with Crippen LogP contribution in [0.1, 0.15) is 48.9 Å². The summed E-state index contributed by atoms with van der Waals surface area (Å²) in [6.07, 6.45) is 6.25. The van der Waals surface area contributed by atoms with Gasteiger partial charge in [0.1, 0.15) is 0 Å².